The zero-order valence-electron chi connectivity index (χ0n) is 12.7. The molecular weight excluding hydrogens is 321 g/mol. The molecule has 1 heterocycles. The van der Waals surface area contributed by atoms with Crippen LogP contribution in [-0.2, 0) is 11.3 Å². The highest BCUT2D eigenvalue weighted by Crippen LogP contribution is 2.17. The van der Waals surface area contributed by atoms with E-state index >= 15 is 0 Å². The number of aryl methyl sites for hydroxylation is 1. The lowest BCUT2D eigenvalue weighted by molar-refractivity contribution is -0.384. The van der Waals surface area contributed by atoms with Gasteiger partial charge in [-0.05, 0) is 19.1 Å². The highest BCUT2D eigenvalue weighted by atomic mass is 19.1. The minimum Gasteiger partial charge on any atom is -0.484 e. The fraction of sp³-hybridized carbons (Fsp3) is 0.214. The molecular formula is C14H14FN5O4. The van der Waals surface area contributed by atoms with Gasteiger partial charge in [-0.3, -0.25) is 14.9 Å². The summed E-state index contributed by atoms with van der Waals surface area (Å²) in [5.41, 5.74) is 2.25. The molecule has 1 amide bonds. The molecule has 9 nitrogen and oxygen atoms in total. The fourth-order valence-corrected chi connectivity index (χ4v) is 1.71. The second-order valence-corrected chi connectivity index (χ2v) is 4.54. The van der Waals surface area contributed by atoms with E-state index in [-0.39, 0.29) is 17.9 Å². The molecule has 2 rings (SSSR count). The number of halogens is 1. The van der Waals surface area contributed by atoms with Crippen molar-refractivity contribution in [3.63, 3.8) is 0 Å². The van der Waals surface area contributed by atoms with Gasteiger partial charge in [-0.15, -0.1) is 0 Å². The summed E-state index contributed by atoms with van der Waals surface area (Å²) < 4.78 is 19.9. The Labute approximate surface area is 135 Å². The number of hydrazone groups is 1. The van der Waals surface area contributed by atoms with E-state index in [9.17, 15) is 19.3 Å². The molecule has 0 aliphatic carbocycles. The number of nitro groups is 1. The topological polar surface area (TPSA) is 112 Å². The molecule has 0 unspecified atom stereocenters. The summed E-state index contributed by atoms with van der Waals surface area (Å²) in [5, 5.41) is 17.9. The van der Waals surface area contributed by atoms with Gasteiger partial charge in [-0.1, -0.05) is 0 Å². The van der Waals surface area contributed by atoms with E-state index in [1.165, 1.54) is 30.5 Å². The number of nitrogens with zero attached hydrogens (tertiary/aromatic N) is 4. The maximum Gasteiger partial charge on any atom is 0.277 e. The van der Waals surface area contributed by atoms with Gasteiger partial charge in [0.25, 0.3) is 11.6 Å². The van der Waals surface area contributed by atoms with Gasteiger partial charge in [0.2, 0.25) is 5.95 Å². The minimum atomic E-state index is -0.562. The first-order chi connectivity index (χ1) is 11.5. The number of rotatable bonds is 7. The molecule has 0 radical (unpaired) electrons. The number of nitro benzene ring substituents is 1. The number of carbonyl (C=O) groups is 1. The Morgan fingerprint density at radius 1 is 1.50 bits per heavy atom. The highest BCUT2D eigenvalue weighted by molar-refractivity contribution is 5.82. The molecule has 126 valence electrons. The Balaban J connectivity index is 1.81. The van der Waals surface area contributed by atoms with Crippen LogP contribution in [-0.4, -0.2) is 33.4 Å². The Morgan fingerprint density at radius 3 is 2.79 bits per heavy atom. The van der Waals surface area contributed by atoms with Crippen LogP contribution in [0.1, 0.15) is 12.5 Å². The Morgan fingerprint density at radius 2 is 2.21 bits per heavy atom. The van der Waals surface area contributed by atoms with Crippen molar-refractivity contribution in [2.75, 3.05) is 6.61 Å². The van der Waals surface area contributed by atoms with Crippen LogP contribution in [0, 0.1) is 16.1 Å². The molecule has 2 aromatic rings. The largest absolute Gasteiger partial charge is 0.484 e. The van der Waals surface area contributed by atoms with Gasteiger partial charge in [0.15, 0.2) is 6.61 Å². The molecule has 1 aromatic heterocycles. The van der Waals surface area contributed by atoms with E-state index in [1.54, 1.807) is 6.92 Å². The first-order valence-corrected chi connectivity index (χ1v) is 6.91. The van der Waals surface area contributed by atoms with Crippen LogP contribution in [0.15, 0.2) is 35.6 Å². The summed E-state index contributed by atoms with van der Waals surface area (Å²) in [4.78, 5) is 21.5. The number of hydrogen-bond acceptors (Lipinski definition) is 6. The predicted octanol–water partition coefficient (Wildman–Crippen LogP) is 1.48. The van der Waals surface area contributed by atoms with Crippen molar-refractivity contribution >= 4 is 17.8 Å². The molecule has 0 aliphatic heterocycles. The van der Waals surface area contributed by atoms with Crippen molar-refractivity contribution in [1.29, 1.82) is 0 Å². The number of benzene rings is 1. The number of nitrogens with one attached hydrogen (secondary N) is 1. The smallest absolute Gasteiger partial charge is 0.277 e. The SMILES string of the molecule is CCn1ncc(/C=N\NC(=O)COc2ccc([N+](=O)[O-])cc2)c1F. The molecule has 0 aliphatic rings. The molecule has 0 bridgehead atoms. The molecule has 0 spiro atoms. The number of non-ortho nitro benzene ring substituents is 1. The zero-order valence-corrected chi connectivity index (χ0v) is 12.7. The predicted molar refractivity (Wildman–Crippen MR) is 82.2 cm³/mol. The lowest BCUT2D eigenvalue weighted by Gasteiger charge is -2.04. The van der Waals surface area contributed by atoms with E-state index in [4.69, 9.17) is 4.74 Å². The molecule has 10 heteroatoms. The quantitative estimate of drug-likeness (QED) is 0.468. The summed E-state index contributed by atoms with van der Waals surface area (Å²) in [6.07, 6.45) is 2.43. The first kappa shape index (κ1) is 17.1. The number of amides is 1. The van der Waals surface area contributed by atoms with Gasteiger partial charge in [-0.2, -0.15) is 14.6 Å². The fourth-order valence-electron chi connectivity index (χ4n) is 1.71. The summed E-state index contributed by atoms with van der Waals surface area (Å²) >= 11 is 0. The average molecular weight is 335 g/mol. The second-order valence-electron chi connectivity index (χ2n) is 4.54. The van der Waals surface area contributed by atoms with E-state index in [0.717, 1.165) is 10.9 Å². The molecule has 0 saturated carbocycles. The van der Waals surface area contributed by atoms with E-state index < -0.39 is 16.8 Å². The van der Waals surface area contributed by atoms with Crippen LogP contribution in [0.3, 0.4) is 0 Å². The standard InChI is InChI=1S/C14H14FN5O4/c1-2-19-14(15)10(8-17-19)7-16-18-13(21)9-24-12-5-3-11(4-6-12)20(22)23/h3-8H,2,9H2,1H3,(H,18,21)/b16-7-. The third kappa shape index (κ3) is 4.35. The highest BCUT2D eigenvalue weighted by Gasteiger charge is 2.08. The van der Waals surface area contributed by atoms with Crippen LogP contribution in [0.25, 0.3) is 0 Å². The molecule has 24 heavy (non-hydrogen) atoms. The normalized spacial score (nSPS) is 10.8. The number of ether oxygens (including phenoxy) is 1. The van der Waals surface area contributed by atoms with Crippen molar-refractivity contribution in [2.24, 2.45) is 5.10 Å². The lowest BCUT2D eigenvalue weighted by atomic mass is 10.3. The van der Waals surface area contributed by atoms with Gasteiger partial charge < -0.3 is 4.74 Å². The molecule has 0 saturated heterocycles. The molecule has 0 atom stereocenters. The number of hydrogen-bond donors (Lipinski definition) is 1. The first-order valence-electron chi connectivity index (χ1n) is 6.91. The summed E-state index contributed by atoms with van der Waals surface area (Å²) in [7, 11) is 0. The summed E-state index contributed by atoms with van der Waals surface area (Å²) in [6.45, 7) is 1.79. The van der Waals surface area contributed by atoms with Crippen LogP contribution >= 0.6 is 0 Å². The van der Waals surface area contributed by atoms with E-state index in [1.807, 2.05) is 0 Å². The van der Waals surface area contributed by atoms with Gasteiger partial charge in [-0.25, -0.2) is 10.1 Å². The van der Waals surface area contributed by atoms with E-state index in [0.29, 0.717) is 12.3 Å². The van der Waals surface area contributed by atoms with Crippen molar-refractivity contribution in [3.8, 4) is 5.75 Å². The van der Waals surface area contributed by atoms with Crippen molar-refractivity contribution in [3.05, 3.63) is 52.1 Å². The van der Waals surface area contributed by atoms with Crippen molar-refractivity contribution < 1.29 is 18.8 Å². The number of carbonyl (C=O) groups excluding carboxylic acids is 1. The van der Waals surface area contributed by atoms with Crippen molar-refractivity contribution in [2.45, 2.75) is 13.5 Å². The molecule has 1 aromatic carbocycles. The third-order valence-electron chi connectivity index (χ3n) is 2.91. The van der Waals surface area contributed by atoms with Crippen LogP contribution < -0.4 is 10.2 Å². The van der Waals surface area contributed by atoms with E-state index in [2.05, 4.69) is 15.6 Å². The Hall–Kier alpha value is -3.30. The van der Waals surface area contributed by atoms with Gasteiger partial charge in [0.1, 0.15) is 5.75 Å². The molecule has 0 fully saturated rings. The summed E-state index contributed by atoms with van der Waals surface area (Å²) in [5.74, 6) is -0.805. The van der Waals surface area contributed by atoms with Crippen LogP contribution in [0.2, 0.25) is 0 Å². The maximum absolute atomic E-state index is 13.6. The van der Waals surface area contributed by atoms with Gasteiger partial charge >= 0.3 is 0 Å². The zero-order chi connectivity index (χ0) is 17.5. The molecule has 1 N–H and O–H groups in total. The monoisotopic (exact) mass is 335 g/mol. The van der Waals surface area contributed by atoms with Crippen LogP contribution in [0.5, 0.6) is 5.75 Å². The number of aromatic nitrogens is 2. The average Bonchev–Trinajstić information content (AvgIpc) is 2.93. The summed E-state index contributed by atoms with van der Waals surface area (Å²) in [6, 6.07) is 5.28. The van der Waals surface area contributed by atoms with Crippen LogP contribution in [0.4, 0.5) is 10.1 Å². The van der Waals surface area contributed by atoms with Gasteiger partial charge in [0, 0.05) is 18.7 Å². The Kier molecular flexibility index (Phi) is 5.55. The maximum atomic E-state index is 13.6. The Bertz CT molecular complexity index is 757. The van der Waals surface area contributed by atoms with Crippen molar-refractivity contribution in [1.82, 2.24) is 15.2 Å². The third-order valence-corrected chi connectivity index (χ3v) is 2.91. The minimum absolute atomic E-state index is 0.0777. The second kappa shape index (κ2) is 7.81. The van der Waals surface area contributed by atoms with Gasteiger partial charge in [0.05, 0.1) is 22.9 Å². The lowest BCUT2D eigenvalue weighted by Crippen LogP contribution is -2.24.